The third-order valence-corrected chi connectivity index (χ3v) is 4.89. The molecule has 1 aliphatic carbocycles. The number of ether oxygens (including phenoxy) is 1. The van der Waals surface area contributed by atoms with Crippen molar-refractivity contribution in [3.8, 4) is 5.75 Å². The van der Waals surface area contributed by atoms with Gasteiger partial charge in [0.05, 0.1) is 17.8 Å². The molecule has 2 aliphatic rings. The lowest BCUT2D eigenvalue weighted by atomic mass is 10.0. The predicted molar refractivity (Wildman–Crippen MR) is 74.5 cm³/mol. The standard InChI is InChI=1S/C15H17F2N3O/c1-19-8-10-4-11(19)5-13(10)20-14-6-12(21-15(16)17)3-2-9(14)7-18-20/h2-3,6-7,10-11,13,15H,4-5,8H2,1H3. The highest BCUT2D eigenvalue weighted by Gasteiger charge is 2.44. The van der Waals surface area contributed by atoms with Crippen LogP contribution in [0.15, 0.2) is 24.4 Å². The molecule has 0 radical (unpaired) electrons. The highest BCUT2D eigenvalue weighted by molar-refractivity contribution is 5.80. The highest BCUT2D eigenvalue weighted by Crippen LogP contribution is 2.44. The van der Waals surface area contributed by atoms with E-state index in [-0.39, 0.29) is 5.75 Å². The van der Waals surface area contributed by atoms with Crippen LogP contribution >= 0.6 is 0 Å². The summed E-state index contributed by atoms with van der Waals surface area (Å²) in [5, 5.41) is 5.46. The number of fused-ring (bicyclic) bond motifs is 3. The van der Waals surface area contributed by atoms with Gasteiger partial charge in [0.25, 0.3) is 0 Å². The SMILES string of the molecule is CN1CC2CC1CC2n1ncc2ccc(OC(F)F)cc21. The van der Waals surface area contributed by atoms with Crippen LogP contribution in [0.3, 0.4) is 0 Å². The van der Waals surface area contributed by atoms with Crippen LogP contribution in [-0.2, 0) is 0 Å². The molecule has 3 atom stereocenters. The summed E-state index contributed by atoms with van der Waals surface area (Å²) in [6.45, 7) is -1.71. The Bertz CT molecular complexity index is 670. The lowest BCUT2D eigenvalue weighted by Crippen LogP contribution is -2.33. The molecule has 0 N–H and O–H groups in total. The van der Waals surface area contributed by atoms with Crippen LogP contribution < -0.4 is 4.74 Å². The monoisotopic (exact) mass is 293 g/mol. The van der Waals surface area contributed by atoms with Crippen molar-refractivity contribution >= 4 is 10.9 Å². The van der Waals surface area contributed by atoms with Gasteiger partial charge in [-0.15, -0.1) is 0 Å². The number of piperidine rings is 1. The van der Waals surface area contributed by atoms with Crippen LogP contribution in [0.1, 0.15) is 18.9 Å². The smallest absolute Gasteiger partial charge is 0.387 e. The molecule has 1 aromatic heterocycles. The Morgan fingerprint density at radius 1 is 1.33 bits per heavy atom. The Balaban J connectivity index is 1.69. The lowest BCUT2D eigenvalue weighted by molar-refractivity contribution is -0.0497. The van der Waals surface area contributed by atoms with E-state index in [0.717, 1.165) is 23.9 Å². The van der Waals surface area contributed by atoms with Crippen LogP contribution in [-0.4, -0.2) is 40.9 Å². The van der Waals surface area contributed by atoms with E-state index in [9.17, 15) is 8.78 Å². The van der Waals surface area contributed by atoms with Crippen molar-refractivity contribution in [3.05, 3.63) is 24.4 Å². The zero-order valence-electron chi connectivity index (χ0n) is 11.7. The van der Waals surface area contributed by atoms with Gasteiger partial charge in [-0.1, -0.05) is 0 Å². The average molecular weight is 293 g/mol. The first kappa shape index (κ1) is 13.0. The van der Waals surface area contributed by atoms with E-state index < -0.39 is 6.61 Å². The second-order valence-corrected chi connectivity index (χ2v) is 6.08. The summed E-state index contributed by atoms with van der Waals surface area (Å²) in [6, 6.07) is 6.01. The fourth-order valence-electron chi connectivity index (χ4n) is 3.91. The number of likely N-dealkylation sites (tertiary alicyclic amines) is 1. The van der Waals surface area contributed by atoms with E-state index in [1.807, 2.05) is 4.68 Å². The van der Waals surface area contributed by atoms with E-state index in [2.05, 4.69) is 21.8 Å². The van der Waals surface area contributed by atoms with Gasteiger partial charge in [0, 0.05) is 24.0 Å². The summed E-state index contributed by atoms with van der Waals surface area (Å²) in [4.78, 5) is 2.40. The average Bonchev–Trinajstić information content (AvgIpc) is 3.09. The molecule has 4 rings (SSSR count). The van der Waals surface area contributed by atoms with E-state index in [1.54, 1.807) is 24.4 Å². The maximum absolute atomic E-state index is 12.4. The van der Waals surface area contributed by atoms with Gasteiger partial charge < -0.3 is 9.64 Å². The molecular weight excluding hydrogens is 276 g/mol. The fourth-order valence-corrected chi connectivity index (χ4v) is 3.91. The van der Waals surface area contributed by atoms with E-state index >= 15 is 0 Å². The molecule has 1 aromatic carbocycles. The molecule has 1 aliphatic heterocycles. The van der Waals surface area contributed by atoms with Crippen LogP contribution in [0.2, 0.25) is 0 Å². The molecule has 2 heterocycles. The van der Waals surface area contributed by atoms with Gasteiger partial charge in [0.15, 0.2) is 0 Å². The first-order valence-electron chi connectivity index (χ1n) is 7.24. The van der Waals surface area contributed by atoms with Crippen molar-refractivity contribution < 1.29 is 13.5 Å². The summed E-state index contributed by atoms with van der Waals surface area (Å²) >= 11 is 0. The number of rotatable bonds is 3. The fraction of sp³-hybridized carbons (Fsp3) is 0.533. The second-order valence-electron chi connectivity index (χ2n) is 6.08. The summed E-state index contributed by atoms with van der Waals surface area (Å²) in [6.07, 6.45) is 4.09. The molecule has 2 bridgehead atoms. The molecule has 3 unspecified atom stereocenters. The van der Waals surface area contributed by atoms with Crippen molar-refractivity contribution in [1.29, 1.82) is 0 Å². The molecule has 0 spiro atoms. The van der Waals surface area contributed by atoms with Crippen molar-refractivity contribution in [3.63, 3.8) is 0 Å². The summed E-state index contributed by atoms with van der Waals surface area (Å²) in [5.74, 6) is 0.794. The van der Waals surface area contributed by atoms with Gasteiger partial charge in [-0.05, 0) is 37.9 Å². The van der Waals surface area contributed by atoms with Gasteiger partial charge in [-0.2, -0.15) is 13.9 Å². The number of benzene rings is 1. The molecule has 0 amide bonds. The molecular formula is C15H17F2N3O. The summed E-state index contributed by atoms with van der Waals surface area (Å²) < 4.78 is 31.2. The lowest BCUT2D eigenvalue weighted by Gasteiger charge is -2.29. The van der Waals surface area contributed by atoms with Crippen molar-refractivity contribution in [2.75, 3.05) is 13.6 Å². The zero-order valence-corrected chi connectivity index (χ0v) is 11.7. The number of aromatic nitrogens is 2. The summed E-state index contributed by atoms with van der Waals surface area (Å²) in [7, 11) is 2.16. The quantitative estimate of drug-likeness (QED) is 0.871. The molecule has 21 heavy (non-hydrogen) atoms. The molecule has 6 heteroatoms. The first-order valence-corrected chi connectivity index (χ1v) is 7.24. The normalized spacial score (nSPS) is 28.9. The maximum Gasteiger partial charge on any atom is 0.387 e. The first-order chi connectivity index (χ1) is 10.1. The Kier molecular flexibility index (Phi) is 2.89. The largest absolute Gasteiger partial charge is 0.435 e. The minimum atomic E-state index is -2.80. The number of hydrogen-bond acceptors (Lipinski definition) is 3. The number of nitrogens with zero attached hydrogens (tertiary/aromatic N) is 3. The van der Waals surface area contributed by atoms with Gasteiger partial charge in [0.2, 0.25) is 0 Å². The number of alkyl halides is 2. The van der Waals surface area contributed by atoms with Gasteiger partial charge in [0.1, 0.15) is 5.75 Å². The molecule has 1 saturated carbocycles. The third-order valence-electron chi connectivity index (χ3n) is 4.89. The maximum atomic E-state index is 12.4. The molecule has 1 saturated heterocycles. The number of halogens is 2. The molecule has 112 valence electrons. The Morgan fingerprint density at radius 2 is 2.19 bits per heavy atom. The second kappa shape index (κ2) is 4.66. The summed E-state index contributed by atoms with van der Waals surface area (Å²) in [5.41, 5.74) is 0.883. The Labute approximate surface area is 121 Å². The molecule has 2 fully saturated rings. The van der Waals surface area contributed by atoms with E-state index in [1.165, 1.54) is 6.42 Å². The van der Waals surface area contributed by atoms with Gasteiger partial charge >= 0.3 is 6.61 Å². The van der Waals surface area contributed by atoms with Gasteiger partial charge in [-0.3, -0.25) is 4.68 Å². The Morgan fingerprint density at radius 3 is 2.86 bits per heavy atom. The van der Waals surface area contributed by atoms with Crippen LogP contribution in [0.25, 0.3) is 10.9 Å². The van der Waals surface area contributed by atoms with Crippen LogP contribution in [0, 0.1) is 5.92 Å². The number of hydrogen-bond donors (Lipinski definition) is 0. The predicted octanol–water partition coefficient (Wildman–Crippen LogP) is 2.90. The van der Waals surface area contributed by atoms with Gasteiger partial charge in [-0.25, -0.2) is 0 Å². The van der Waals surface area contributed by atoms with E-state index in [0.29, 0.717) is 18.0 Å². The minimum Gasteiger partial charge on any atom is -0.435 e. The third kappa shape index (κ3) is 2.09. The van der Waals surface area contributed by atoms with Crippen molar-refractivity contribution in [1.82, 2.24) is 14.7 Å². The molecule has 4 nitrogen and oxygen atoms in total. The van der Waals surface area contributed by atoms with Crippen molar-refractivity contribution in [2.45, 2.75) is 31.5 Å². The zero-order chi connectivity index (χ0) is 14.6. The highest BCUT2D eigenvalue weighted by atomic mass is 19.3. The topological polar surface area (TPSA) is 30.3 Å². The Hall–Kier alpha value is -1.69. The van der Waals surface area contributed by atoms with Crippen LogP contribution in [0.5, 0.6) is 5.75 Å². The van der Waals surface area contributed by atoms with Crippen molar-refractivity contribution in [2.24, 2.45) is 5.92 Å². The van der Waals surface area contributed by atoms with E-state index in [4.69, 9.17) is 0 Å². The molecule has 2 aromatic rings. The minimum absolute atomic E-state index is 0.194. The van der Waals surface area contributed by atoms with Crippen LogP contribution in [0.4, 0.5) is 8.78 Å².